The van der Waals surface area contributed by atoms with Crippen LogP contribution in [0.5, 0.6) is 11.5 Å². The van der Waals surface area contributed by atoms with Crippen molar-refractivity contribution in [3.05, 3.63) is 86.3 Å². The second-order valence-electron chi connectivity index (χ2n) is 9.97. The van der Waals surface area contributed by atoms with E-state index in [1.165, 1.54) is 18.2 Å². The zero-order valence-electron chi connectivity index (χ0n) is 22.6. The van der Waals surface area contributed by atoms with Crippen molar-refractivity contribution in [1.82, 2.24) is 0 Å². The first-order chi connectivity index (χ1) is 19.8. The van der Waals surface area contributed by atoms with Crippen LogP contribution in [-0.4, -0.2) is 33.4 Å². The van der Waals surface area contributed by atoms with E-state index in [1.54, 1.807) is 18.2 Å². The van der Waals surface area contributed by atoms with E-state index in [4.69, 9.17) is 32.7 Å². The van der Waals surface area contributed by atoms with E-state index in [2.05, 4.69) is 9.46 Å². The van der Waals surface area contributed by atoms with Crippen LogP contribution < -0.4 is 18.9 Å². The monoisotopic (exact) mass is 644 g/mol. The minimum absolute atomic E-state index is 0.00701. The Morgan fingerprint density at radius 3 is 2.38 bits per heavy atom. The summed E-state index contributed by atoms with van der Waals surface area (Å²) in [5.74, 6) is -2.07. The molecule has 3 aromatic rings. The Kier molecular flexibility index (Phi) is 10.0. The average molecular weight is 646 g/mol. The molecular formula is C28H28Cl2F2N2O7S. The van der Waals surface area contributed by atoms with E-state index >= 15 is 0 Å². The predicted molar refractivity (Wildman–Crippen MR) is 153 cm³/mol. The minimum atomic E-state index is -4.18. The molecule has 1 atom stereocenters. The number of nitrogens with one attached hydrogen (secondary N) is 1. The number of pyridine rings is 1. The van der Waals surface area contributed by atoms with Crippen LogP contribution in [0.4, 0.5) is 14.5 Å². The summed E-state index contributed by atoms with van der Waals surface area (Å²) in [7, 11) is -4.18. The summed E-state index contributed by atoms with van der Waals surface area (Å²) >= 11 is 12.5. The van der Waals surface area contributed by atoms with Crippen LogP contribution in [0.2, 0.25) is 10.0 Å². The van der Waals surface area contributed by atoms with Gasteiger partial charge in [-0.1, -0.05) is 35.3 Å². The van der Waals surface area contributed by atoms with Crippen LogP contribution in [0, 0.1) is 25.0 Å². The molecule has 42 heavy (non-hydrogen) atoms. The number of benzene rings is 2. The molecule has 2 aromatic carbocycles. The highest BCUT2D eigenvalue weighted by Gasteiger charge is 2.28. The number of aryl methyl sites for hydroxylation is 2. The van der Waals surface area contributed by atoms with Crippen LogP contribution in [0.3, 0.4) is 0 Å². The van der Waals surface area contributed by atoms with Crippen LogP contribution in [-0.2, 0) is 26.0 Å². The Hall–Kier alpha value is -3.35. The van der Waals surface area contributed by atoms with Gasteiger partial charge in [-0.05, 0) is 73.6 Å². The standard InChI is InChI=1S/C28H28Cl2F2N2O7S/c1-16-3-7-20(9-17(16)2)33-42(37,38)15-27(35)40-25(11-21-22(29)12-34(36)13-23(21)30)19-6-8-24(41-28(31)32)26(10-19)39-14-18-4-5-18/h3,6-10,12-13,18,25,28,33H,4-5,11,14-15H2,1-2H3/t25-/m0/s1. The van der Waals surface area contributed by atoms with Crippen molar-refractivity contribution in [2.24, 2.45) is 5.92 Å². The van der Waals surface area contributed by atoms with Gasteiger partial charge >= 0.3 is 12.6 Å². The zero-order chi connectivity index (χ0) is 30.6. The van der Waals surface area contributed by atoms with Crippen molar-refractivity contribution in [2.75, 3.05) is 17.1 Å². The lowest BCUT2D eigenvalue weighted by molar-refractivity contribution is -0.605. The van der Waals surface area contributed by atoms with Gasteiger partial charge in [-0.3, -0.25) is 9.52 Å². The lowest BCUT2D eigenvalue weighted by Gasteiger charge is -2.21. The number of sulfonamides is 1. The van der Waals surface area contributed by atoms with Crippen molar-refractivity contribution in [2.45, 2.75) is 45.8 Å². The van der Waals surface area contributed by atoms with E-state index in [0.717, 1.165) is 36.4 Å². The molecule has 1 N–H and O–H groups in total. The molecule has 4 rings (SSSR count). The van der Waals surface area contributed by atoms with Crippen molar-refractivity contribution in [3.63, 3.8) is 0 Å². The fourth-order valence-corrected chi connectivity index (χ4v) is 5.57. The molecule has 0 spiro atoms. The zero-order valence-corrected chi connectivity index (χ0v) is 24.9. The lowest BCUT2D eigenvalue weighted by Crippen LogP contribution is -2.27. The van der Waals surface area contributed by atoms with Gasteiger partial charge in [-0.2, -0.15) is 13.5 Å². The number of rotatable bonds is 13. The summed E-state index contributed by atoms with van der Waals surface area (Å²) in [5, 5.41) is 11.7. The maximum Gasteiger partial charge on any atom is 0.387 e. The second-order valence-corrected chi connectivity index (χ2v) is 12.5. The minimum Gasteiger partial charge on any atom is -0.619 e. The first kappa shape index (κ1) is 31.6. The number of aromatic nitrogens is 1. The summed E-state index contributed by atoms with van der Waals surface area (Å²) in [6.07, 6.45) is 2.63. The first-order valence-corrected chi connectivity index (χ1v) is 15.3. The molecule has 1 aliphatic carbocycles. The number of hydrogen-bond donors (Lipinski definition) is 1. The van der Waals surface area contributed by atoms with Crippen molar-refractivity contribution in [1.29, 1.82) is 0 Å². The highest BCUT2D eigenvalue weighted by atomic mass is 35.5. The normalized spacial score (nSPS) is 14.0. The highest BCUT2D eigenvalue weighted by Crippen LogP contribution is 2.38. The molecule has 0 aliphatic heterocycles. The van der Waals surface area contributed by atoms with Gasteiger partial charge in [0.05, 0.1) is 6.61 Å². The van der Waals surface area contributed by atoms with Crippen LogP contribution in [0.15, 0.2) is 48.8 Å². The second kappa shape index (κ2) is 13.3. The number of alkyl halides is 2. The highest BCUT2D eigenvalue weighted by molar-refractivity contribution is 7.93. The topological polar surface area (TPSA) is 118 Å². The first-order valence-electron chi connectivity index (χ1n) is 12.8. The molecule has 1 saturated carbocycles. The van der Waals surface area contributed by atoms with E-state index < -0.39 is 34.5 Å². The van der Waals surface area contributed by atoms with Crippen molar-refractivity contribution < 1.29 is 40.9 Å². The summed E-state index contributed by atoms with van der Waals surface area (Å²) in [5.41, 5.74) is 2.61. The maximum absolute atomic E-state index is 13.0. The fourth-order valence-electron chi connectivity index (χ4n) is 4.03. The summed E-state index contributed by atoms with van der Waals surface area (Å²) < 4.78 is 70.3. The summed E-state index contributed by atoms with van der Waals surface area (Å²) in [6, 6.07) is 8.93. The summed E-state index contributed by atoms with van der Waals surface area (Å²) in [6.45, 7) is 0.862. The number of ether oxygens (including phenoxy) is 3. The van der Waals surface area contributed by atoms with Gasteiger partial charge in [0.2, 0.25) is 10.0 Å². The number of nitrogens with zero attached hydrogens (tertiary/aromatic N) is 1. The van der Waals surface area contributed by atoms with Gasteiger partial charge in [0.15, 0.2) is 29.6 Å². The number of carbonyl (C=O) groups excluding carboxylic acids is 1. The largest absolute Gasteiger partial charge is 0.619 e. The van der Waals surface area contributed by atoms with Crippen molar-refractivity contribution >= 4 is 44.9 Å². The Bertz CT molecular complexity index is 1550. The third kappa shape index (κ3) is 8.83. The van der Waals surface area contributed by atoms with Crippen LogP contribution >= 0.6 is 23.2 Å². The van der Waals surface area contributed by atoms with Gasteiger partial charge in [0.25, 0.3) is 0 Å². The lowest BCUT2D eigenvalue weighted by atomic mass is 10.0. The number of carbonyl (C=O) groups is 1. The van der Waals surface area contributed by atoms with E-state index in [0.29, 0.717) is 4.73 Å². The Balaban J connectivity index is 1.61. The number of halogens is 4. The molecule has 0 saturated heterocycles. The molecule has 226 valence electrons. The molecule has 0 bridgehead atoms. The third-order valence-corrected chi connectivity index (χ3v) is 8.35. The van der Waals surface area contributed by atoms with Gasteiger partial charge in [0.1, 0.15) is 16.1 Å². The number of hydrogen-bond acceptors (Lipinski definition) is 7. The molecule has 1 aromatic heterocycles. The molecule has 14 heteroatoms. The Labute approximate surface area is 251 Å². The predicted octanol–water partition coefficient (Wildman–Crippen LogP) is 5.90. The van der Waals surface area contributed by atoms with E-state index in [1.807, 2.05) is 13.8 Å². The maximum atomic E-state index is 13.0. The van der Waals surface area contributed by atoms with Gasteiger partial charge < -0.3 is 19.4 Å². The molecule has 1 heterocycles. The molecule has 9 nitrogen and oxygen atoms in total. The molecule has 0 radical (unpaired) electrons. The molecule has 1 aliphatic rings. The molecule has 0 unspecified atom stereocenters. The third-order valence-electron chi connectivity index (χ3n) is 6.54. The fraction of sp³-hybridized carbons (Fsp3) is 0.357. The van der Waals surface area contributed by atoms with Gasteiger partial charge in [-0.15, -0.1) is 0 Å². The SMILES string of the molecule is Cc1ccc(NS(=O)(=O)CC(=O)O[C@@H](Cc2c(Cl)c[n+]([O-])cc2Cl)c2ccc(OC(F)F)c(OCC3CC3)c2)cc1C. The smallest absolute Gasteiger partial charge is 0.387 e. The van der Waals surface area contributed by atoms with Gasteiger partial charge in [-0.25, -0.2) is 8.42 Å². The van der Waals surface area contributed by atoms with E-state index in [9.17, 15) is 27.2 Å². The van der Waals surface area contributed by atoms with E-state index in [-0.39, 0.29) is 57.3 Å². The van der Waals surface area contributed by atoms with Crippen LogP contribution in [0.25, 0.3) is 0 Å². The summed E-state index contributed by atoms with van der Waals surface area (Å²) in [4.78, 5) is 13.0. The Morgan fingerprint density at radius 2 is 1.76 bits per heavy atom. The van der Waals surface area contributed by atoms with Crippen LogP contribution in [0.1, 0.15) is 41.2 Å². The average Bonchev–Trinajstić information content (AvgIpc) is 3.71. The number of anilines is 1. The molecular weight excluding hydrogens is 617 g/mol. The molecule has 0 amide bonds. The van der Waals surface area contributed by atoms with Crippen molar-refractivity contribution in [3.8, 4) is 11.5 Å². The number of esters is 1. The van der Waals surface area contributed by atoms with Gasteiger partial charge in [0, 0.05) is 17.7 Å². The quantitative estimate of drug-likeness (QED) is 0.140. The Morgan fingerprint density at radius 1 is 1.07 bits per heavy atom. The molecule has 1 fully saturated rings.